The summed E-state index contributed by atoms with van der Waals surface area (Å²) in [5.41, 5.74) is 0.0406. The van der Waals surface area contributed by atoms with Gasteiger partial charge in [0.25, 0.3) is 11.6 Å². The van der Waals surface area contributed by atoms with E-state index in [2.05, 4.69) is 4.98 Å². The number of nitro groups is 1. The van der Waals surface area contributed by atoms with E-state index in [0.717, 1.165) is 4.90 Å². The van der Waals surface area contributed by atoms with Crippen LogP contribution in [0.15, 0.2) is 60.0 Å². The number of carbonyl (C=O) groups is 2. The molecule has 2 aromatic rings. The quantitative estimate of drug-likeness (QED) is 0.676. The number of non-ortho nitro benzene ring substituents is 1. The molecule has 0 radical (unpaired) electrons. The molecule has 0 unspecified atom stereocenters. The largest absolute Gasteiger partial charge is 0.503 e. The van der Waals surface area contributed by atoms with Crippen LogP contribution in [0.3, 0.4) is 0 Å². The molecule has 1 aliphatic heterocycles. The Balaban J connectivity index is 2.20. The van der Waals surface area contributed by atoms with Crippen LogP contribution in [0.25, 0.3) is 0 Å². The van der Waals surface area contributed by atoms with Gasteiger partial charge in [-0.05, 0) is 24.6 Å². The van der Waals surface area contributed by atoms with Gasteiger partial charge in [-0.2, -0.15) is 0 Å². The van der Waals surface area contributed by atoms with E-state index in [0.29, 0.717) is 5.56 Å². The fraction of sp³-hybridized carbons (Fsp3) is 0.118. The first kappa shape index (κ1) is 16.3. The molecule has 1 aromatic carbocycles. The average Bonchev–Trinajstić information content (AvgIpc) is 2.87. The number of hydrogen-bond acceptors (Lipinski definition) is 6. The van der Waals surface area contributed by atoms with Gasteiger partial charge in [0.05, 0.1) is 16.5 Å². The number of anilines is 1. The predicted molar refractivity (Wildman–Crippen MR) is 87.9 cm³/mol. The molecule has 1 amide bonds. The third-order valence-electron chi connectivity index (χ3n) is 3.88. The number of aliphatic hydroxyl groups is 1. The van der Waals surface area contributed by atoms with E-state index >= 15 is 0 Å². The van der Waals surface area contributed by atoms with Crippen LogP contribution in [-0.4, -0.2) is 26.7 Å². The van der Waals surface area contributed by atoms with Crippen LogP contribution in [-0.2, 0) is 9.59 Å². The molecule has 126 valence electrons. The summed E-state index contributed by atoms with van der Waals surface area (Å²) < 4.78 is 0. The Labute approximate surface area is 142 Å². The highest BCUT2D eigenvalue weighted by molar-refractivity contribution is 6.15. The molecule has 3 rings (SSSR count). The summed E-state index contributed by atoms with van der Waals surface area (Å²) in [6.07, 6.45) is 1.47. The van der Waals surface area contributed by atoms with E-state index in [-0.39, 0.29) is 17.1 Å². The van der Waals surface area contributed by atoms with Crippen LogP contribution < -0.4 is 4.90 Å². The van der Waals surface area contributed by atoms with Crippen LogP contribution in [0.4, 0.5) is 11.5 Å². The molecule has 0 aliphatic carbocycles. The number of rotatable bonds is 4. The van der Waals surface area contributed by atoms with Gasteiger partial charge in [-0.1, -0.05) is 18.2 Å². The van der Waals surface area contributed by atoms with E-state index in [1.807, 2.05) is 0 Å². The van der Waals surface area contributed by atoms with Crippen molar-refractivity contribution in [2.45, 2.75) is 13.0 Å². The smallest absolute Gasteiger partial charge is 0.295 e. The lowest BCUT2D eigenvalue weighted by atomic mass is 9.96. The number of Topliss-reactive ketones (excluding diaryl/α,β-unsaturated/α-hetero) is 1. The highest BCUT2D eigenvalue weighted by atomic mass is 16.6. The molecule has 8 heteroatoms. The third kappa shape index (κ3) is 2.74. The molecule has 25 heavy (non-hydrogen) atoms. The molecule has 0 saturated heterocycles. The predicted octanol–water partition coefficient (Wildman–Crippen LogP) is 2.48. The Bertz CT molecular complexity index is 908. The van der Waals surface area contributed by atoms with Crippen molar-refractivity contribution in [2.75, 3.05) is 4.90 Å². The van der Waals surface area contributed by atoms with Gasteiger partial charge < -0.3 is 5.11 Å². The van der Waals surface area contributed by atoms with E-state index in [4.69, 9.17) is 0 Å². The van der Waals surface area contributed by atoms with Crippen LogP contribution in [0, 0.1) is 10.1 Å². The van der Waals surface area contributed by atoms with E-state index < -0.39 is 28.4 Å². The zero-order valence-corrected chi connectivity index (χ0v) is 13.1. The van der Waals surface area contributed by atoms with Crippen LogP contribution in [0.2, 0.25) is 0 Å². The number of nitrogens with zero attached hydrogens (tertiary/aromatic N) is 3. The summed E-state index contributed by atoms with van der Waals surface area (Å²) in [7, 11) is 0. The van der Waals surface area contributed by atoms with Crippen molar-refractivity contribution >= 4 is 23.2 Å². The molecule has 1 N–H and O–H groups in total. The van der Waals surface area contributed by atoms with Gasteiger partial charge >= 0.3 is 0 Å². The number of ketones is 1. The van der Waals surface area contributed by atoms with Crippen LogP contribution in [0.1, 0.15) is 18.5 Å². The standard InChI is InChI=1S/C17H13N3O5/c1-10(21)14-15(11-5-4-6-12(9-11)20(24)25)19(17(23)16(14)22)13-7-2-3-8-18-13/h2-9,15,22H,1H3/t15-/m0/s1. The molecule has 0 bridgehead atoms. The van der Waals surface area contributed by atoms with Gasteiger partial charge in [-0.3, -0.25) is 24.6 Å². The summed E-state index contributed by atoms with van der Waals surface area (Å²) >= 11 is 0. The van der Waals surface area contributed by atoms with E-state index in [1.54, 1.807) is 24.3 Å². The number of carbonyl (C=O) groups excluding carboxylic acids is 2. The molecule has 0 spiro atoms. The van der Waals surface area contributed by atoms with Gasteiger partial charge in [-0.15, -0.1) is 0 Å². The lowest BCUT2D eigenvalue weighted by molar-refractivity contribution is -0.384. The molecular formula is C17H13N3O5. The summed E-state index contributed by atoms with van der Waals surface area (Å²) in [6, 6.07) is 9.48. The lowest BCUT2D eigenvalue weighted by Crippen LogP contribution is -2.31. The third-order valence-corrected chi connectivity index (χ3v) is 3.88. The number of amides is 1. The van der Waals surface area contributed by atoms with Crippen LogP contribution in [0.5, 0.6) is 0 Å². The molecule has 1 atom stereocenters. The van der Waals surface area contributed by atoms with Crippen molar-refractivity contribution in [3.8, 4) is 0 Å². The number of pyridine rings is 1. The number of aromatic nitrogens is 1. The average molecular weight is 339 g/mol. The first-order valence-corrected chi connectivity index (χ1v) is 7.35. The highest BCUT2D eigenvalue weighted by Gasteiger charge is 2.44. The van der Waals surface area contributed by atoms with Crippen LogP contribution >= 0.6 is 0 Å². The minimum absolute atomic E-state index is 0.115. The number of aliphatic hydroxyl groups excluding tert-OH is 1. The zero-order valence-electron chi connectivity index (χ0n) is 13.1. The van der Waals surface area contributed by atoms with Gasteiger partial charge in [0, 0.05) is 18.3 Å². The highest BCUT2D eigenvalue weighted by Crippen LogP contribution is 2.40. The minimum Gasteiger partial charge on any atom is -0.503 e. The first-order chi connectivity index (χ1) is 11.9. The molecule has 1 aromatic heterocycles. The van der Waals surface area contributed by atoms with Crippen molar-refractivity contribution in [1.29, 1.82) is 0 Å². The summed E-state index contributed by atoms with van der Waals surface area (Å²) in [6.45, 7) is 1.23. The van der Waals surface area contributed by atoms with Crippen molar-refractivity contribution < 1.29 is 19.6 Å². The van der Waals surface area contributed by atoms with Gasteiger partial charge in [0.15, 0.2) is 11.5 Å². The topological polar surface area (TPSA) is 114 Å². The van der Waals surface area contributed by atoms with Gasteiger partial charge in [0.1, 0.15) is 5.82 Å². The molecular weight excluding hydrogens is 326 g/mol. The lowest BCUT2D eigenvalue weighted by Gasteiger charge is -2.25. The fourth-order valence-electron chi connectivity index (χ4n) is 2.82. The second-order valence-electron chi connectivity index (χ2n) is 5.44. The Morgan fingerprint density at radius 3 is 2.64 bits per heavy atom. The minimum atomic E-state index is -0.986. The van der Waals surface area contributed by atoms with Crippen molar-refractivity contribution in [3.05, 3.63) is 75.7 Å². The second kappa shape index (κ2) is 6.16. The molecule has 0 fully saturated rings. The Morgan fingerprint density at radius 1 is 1.28 bits per heavy atom. The van der Waals surface area contributed by atoms with Crippen molar-refractivity contribution in [1.82, 2.24) is 4.98 Å². The Kier molecular flexibility index (Phi) is 4.02. The molecule has 1 aliphatic rings. The number of nitro benzene ring substituents is 1. The maximum absolute atomic E-state index is 12.5. The van der Waals surface area contributed by atoms with Gasteiger partial charge in [0.2, 0.25) is 0 Å². The maximum Gasteiger partial charge on any atom is 0.295 e. The normalized spacial score (nSPS) is 17.1. The molecule has 8 nitrogen and oxygen atoms in total. The number of hydrogen-bond donors (Lipinski definition) is 1. The summed E-state index contributed by atoms with van der Waals surface area (Å²) in [4.78, 5) is 40.3. The first-order valence-electron chi connectivity index (χ1n) is 7.35. The summed E-state index contributed by atoms with van der Waals surface area (Å²) in [5.74, 6) is -1.72. The summed E-state index contributed by atoms with van der Waals surface area (Å²) in [5, 5.41) is 21.2. The van der Waals surface area contributed by atoms with E-state index in [1.165, 1.54) is 31.3 Å². The SMILES string of the molecule is CC(=O)C1=C(O)C(=O)N(c2ccccn2)[C@H]1c1cccc([N+](=O)[O-])c1. The second-order valence-corrected chi connectivity index (χ2v) is 5.44. The van der Waals surface area contributed by atoms with Gasteiger partial charge in [-0.25, -0.2) is 4.98 Å². The number of benzene rings is 1. The van der Waals surface area contributed by atoms with E-state index in [9.17, 15) is 24.8 Å². The Hall–Kier alpha value is -3.55. The zero-order chi connectivity index (χ0) is 18.1. The molecule has 0 saturated carbocycles. The monoisotopic (exact) mass is 339 g/mol. The van der Waals surface area contributed by atoms with Crippen molar-refractivity contribution in [2.24, 2.45) is 0 Å². The molecule has 2 heterocycles. The fourth-order valence-corrected chi connectivity index (χ4v) is 2.82. The maximum atomic E-state index is 12.5. The van der Waals surface area contributed by atoms with Crippen molar-refractivity contribution in [3.63, 3.8) is 0 Å². The Morgan fingerprint density at radius 2 is 2.04 bits per heavy atom.